The van der Waals surface area contributed by atoms with Gasteiger partial charge in [-0.1, -0.05) is 11.6 Å². The first kappa shape index (κ1) is 17.9. The standard InChI is InChI=1S/C18H21ClFN3O2/c1-12-22-17(11-25-12)10-23-4-2-13(3-5-23)9-21-18(24)14-6-15(19)8-16(20)7-14/h6-8,11,13H,2-5,9-10H2,1H3,(H,21,24). The highest BCUT2D eigenvalue weighted by molar-refractivity contribution is 6.31. The molecule has 1 aliphatic rings. The van der Waals surface area contributed by atoms with Gasteiger partial charge in [-0.25, -0.2) is 9.37 Å². The second-order valence-electron chi connectivity index (χ2n) is 6.45. The van der Waals surface area contributed by atoms with Crippen LogP contribution >= 0.6 is 11.6 Å². The maximum absolute atomic E-state index is 13.3. The number of hydrogen-bond donors (Lipinski definition) is 1. The number of nitrogens with one attached hydrogen (secondary N) is 1. The van der Waals surface area contributed by atoms with Crippen LogP contribution in [0.5, 0.6) is 0 Å². The molecule has 0 radical (unpaired) electrons. The van der Waals surface area contributed by atoms with Crippen LogP contribution in [0.25, 0.3) is 0 Å². The third-order valence-corrected chi connectivity index (χ3v) is 4.65. The second-order valence-corrected chi connectivity index (χ2v) is 6.88. The Morgan fingerprint density at radius 3 is 2.80 bits per heavy atom. The van der Waals surface area contributed by atoms with Gasteiger partial charge in [-0.05, 0) is 50.0 Å². The van der Waals surface area contributed by atoms with E-state index in [2.05, 4.69) is 15.2 Å². The van der Waals surface area contributed by atoms with Crippen LogP contribution in [0.3, 0.4) is 0 Å². The molecule has 25 heavy (non-hydrogen) atoms. The Bertz CT molecular complexity index is 721. The molecule has 1 amide bonds. The van der Waals surface area contributed by atoms with Gasteiger partial charge in [0.1, 0.15) is 12.1 Å². The Balaban J connectivity index is 1.43. The lowest BCUT2D eigenvalue weighted by Gasteiger charge is -2.31. The summed E-state index contributed by atoms with van der Waals surface area (Å²) in [6.07, 6.45) is 3.70. The topological polar surface area (TPSA) is 58.4 Å². The van der Waals surface area contributed by atoms with Crippen molar-refractivity contribution in [3.8, 4) is 0 Å². The molecule has 1 aromatic heterocycles. The summed E-state index contributed by atoms with van der Waals surface area (Å²) in [5.41, 5.74) is 1.20. The maximum atomic E-state index is 13.3. The number of hydrogen-bond acceptors (Lipinski definition) is 4. The van der Waals surface area contributed by atoms with E-state index >= 15 is 0 Å². The molecule has 1 fully saturated rings. The molecule has 1 N–H and O–H groups in total. The number of likely N-dealkylation sites (tertiary alicyclic amines) is 1. The van der Waals surface area contributed by atoms with Gasteiger partial charge >= 0.3 is 0 Å². The Hall–Kier alpha value is -1.92. The quantitative estimate of drug-likeness (QED) is 0.882. The number of halogens is 2. The first-order valence-corrected chi connectivity index (χ1v) is 8.75. The fourth-order valence-electron chi connectivity index (χ4n) is 3.08. The van der Waals surface area contributed by atoms with Gasteiger partial charge in [0, 0.05) is 30.6 Å². The molecule has 0 aliphatic carbocycles. The summed E-state index contributed by atoms with van der Waals surface area (Å²) in [7, 11) is 0. The molecule has 7 heteroatoms. The minimum atomic E-state index is -0.506. The summed E-state index contributed by atoms with van der Waals surface area (Å²) in [5.74, 6) is 0.310. The summed E-state index contributed by atoms with van der Waals surface area (Å²) in [6, 6.07) is 3.86. The van der Waals surface area contributed by atoms with Crippen molar-refractivity contribution in [1.29, 1.82) is 0 Å². The van der Waals surface area contributed by atoms with E-state index in [0.717, 1.165) is 38.2 Å². The van der Waals surface area contributed by atoms with E-state index in [9.17, 15) is 9.18 Å². The highest BCUT2D eigenvalue weighted by Crippen LogP contribution is 2.19. The van der Waals surface area contributed by atoms with Gasteiger partial charge in [-0.15, -0.1) is 0 Å². The summed E-state index contributed by atoms with van der Waals surface area (Å²) >= 11 is 5.79. The average molecular weight is 366 g/mol. The van der Waals surface area contributed by atoms with Crippen molar-refractivity contribution in [2.24, 2.45) is 5.92 Å². The van der Waals surface area contributed by atoms with E-state index in [1.165, 1.54) is 18.2 Å². The molecule has 2 heterocycles. The van der Waals surface area contributed by atoms with Gasteiger partial charge in [-0.3, -0.25) is 9.69 Å². The highest BCUT2D eigenvalue weighted by atomic mass is 35.5. The molecule has 1 saturated heterocycles. The molecular formula is C18H21ClFN3O2. The number of aryl methyl sites for hydroxylation is 1. The van der Waals surface area contributed by atoms with Crippen LogP contribution in [0.4, 0.5) is 4.39 Å². The summed E-state index contributed by atoms with van der Waals surface area (Å²) < 4.78 is 18.6. The lowest BCUT2D eigenvalue weighted by atomic mass is 9.96. The van der Waals surface area contributed by atoms with E-state index in [-0.39, 0.29) is 16.5 Å². The smallest absolute Gasteiger partial charge is 0.251 e. The van der Waals surface area contributed by atoms with Crippen molar-refractivity contribution < 1.29 is 13.6 Å². The fraction of sp³-hybridized carbons (Fsp3) is 0.444. The van der Waals surface area contributed by atoms with Crippen LogP contribution in [-0.2, 0) is 6.54 Å². The van der Waals surface area contributed by atoms with Crippen molar-refractivity contribution in [1.82, 2.24) is 15.2 Å². The second kappa shape index (κ2) is 7.97. The highest BCUT2D eigenvalue weighted by Gasteiger charge is 2.21. The molecule has 0 saturated carbocycles. The SMILES string of the molecule is Cc1nc(CN2CCC(CNC(=O)c3cc(F)cc(Cl)c3)CC2)co1. The van der Waals surface area contributed by atoms with Crippen LogP contribution in [0.2, 0.25) is 5.02 Å². The number of aromatic nitrogens is 1. The third-order valence-electron chi connectivity index (χ3n) is 4.44. The predicted octanol–water partition coefficient (Wildman–Crippen LogP) is 3.42. The van der Waals surface area contributed by atoms with Gasteiger partial charge < -0.3 is 9.73 Å². The Morgan fingerprint density at radius 2 is 2.16 bits per heavy atom. The monoisotopic (exact) mass is 365 g/mol. The van der Waals surface area contributed by atoms with E-state index < -0.39 is 5.82 Å². The Morgan fingerprint density at radius 1 is 1.40 bits per heavy atom. The molecule has 0 spiro atoms. The predicted molar refractivity (Wildman–Crippen MR) is 93.0 cm³/mol. The molecule has 1 aromatic carbocycles. The summed E-state index contributed by atoms with van der Waals surface area (Å²) in [4.78, 5) is 18.8. The van der Waals surface area contributed by atoms with E-state index in [4.69, 9.17) is 16.0 Å². The zero-order valence-electron chi connectivity index (χ0n) is 14.1. The fourth-order valence-corrected chi connectivity index (χ4v) is 3.30. The maximum Gasteiger partial charge on any atom is 0.251 e. The van der Waals surface area contributed by atoms with Gasteiger partial charge in [-0.2, -0.15) is 0 Å². The number of piperidine rings is 1. The molecule has 3 rings (SSSR count). The van der Waals surface area contributed by atoms with Crippen molar-refractivity contribution >= 4 is 17.5 Å². The zero-order chi connectivity index (χ0) is 17.8. The minimum Gasteiger partial charge on any atom is -0.449 e. The molecular weight excluding hydrogens is 345 g/mol. The molecule has 0 bridgehead atoms. The lowest BCUT2D eigenvalue weighted by molar-refractivity contribution is 0.0934. The molecule has 0 atom stereocenters. The van der Waals surface area contributed by atoms with E-state index in [1.807, 2.05) is 6.92 Å². The number of nitrogens with zero attached hydrogens (tertiary/aromatic N) is 2. The number of rotatable bonds is 5. The number of carbonyl (C=O) groups excluding carboxylic acids is 1. The van der Waals surface area contributed by atoms with Crippen molar-refractivity contribution in [2.45, 2.75) is 26.3 Å². The van der Waals surface area contributed by atoms with Gasteiger partial charge in [0.05, 0.1) is 5.69 Å². The molecule has 134 valence electrons. The van der Waals surface area contributed by atoms with E-state index in [1.54, 1.807) is 6.26 Å². The van der Waals surface area contributed by atoms with E-state index in [0.29, 0.717) is 18.4 Å². The molecule has 2 aromatic rings. The van der Waals surface area contributed by atoms with Crippen LogP contribution < -0.4 is 5.32 Å². The largest absolute Gasteiger partial charge is 0.449 e. The summed E-state index contributed by atoms with van der Waals surface area (Å²) in [6.45, 7) is 5.13. The lowest BCUT2D eigenvalue weighted by Crippen LogP contribution is -2.38. The number of oxazole rings is 1. The molecule has 5 nitrogen and oxygen atoms in total. The molecule has 0 unspecified atom stereocenters. The Labute approximate surface area is 151 Å². The van der Waals surface area contributed by atoms with Gasteiger partial charge in [0.25, 0.3) is 5.91 Å². The van der Waals surface area contributed by atoms with Crippen LogP contribution in [0, 0.1) is 18.7 Å². The van der Waals surface area contributed by atoms with Crippen LogP contribution in [0.15, 0.2) is 28.9 Å². The van der Waals surface area contributed by atoms with Crippen LogP contribution in [0.1, 0.15) is 34.8 Å². The number of carbonyl (C=O) groups is 1. The number of benzene rings is 1. The normalized spacial score (nSPS) is 16.1. The number of amides is 1. The minimum absolute atomic E-state index is 0.224. The van der Waals surface area contributed by atoms with Crippen molar-refractivity contribution in [3.63, 3.8) is 0 Å². The van der Waals surface area contributed by atoms with Crippen molar-refractivity contribution in [2.75, 3.05) is 19.6 Å². The summed E-state index contributed by atoms with van der Waals surface area (Å²) in [5, 5.41) is 3.10. The molecule has 1 aliphatic heterocycles. The van der Waals surface area contributed by atoms with Crippen molar-refractivity contribution in [3.05, 3.63) is 52.5 Å². The first-order valence-electron chi connectivity index (χ1n) is 8.37. The van der Waals surface area contributed by atoms with Crippen LogP contribution in [-0.4, -0.2) is 35.4 Å². The van der Waals surface area contributed by atoms with Gasteiger partial charge in [0.2, 0.25) is 0 Å². The van der Waals surface area contributed by atoms with Gasteiger partial charge in [0.15, 0.2) is 5.89 Å². The Kier molecular flexibility index (Phi) is 5.71. The zero-order valence-corrected chi connectivity index (χ0v) is 14.9. The average Bonchev–Trinajstić information content (AvgIpc) is 2.98. The first-order chi connectivity index (χ1) is 12.0. The third kappa shape index (κ3) is 5.03.